The van der Waals surface area contributed by atoms with E-state index in [0.717, 1.165) is 62.8 Å². The first-order valence-corrected chi connectivity index (χ1v) is 10.1. The molecule has 0 unspecified atom stereocenters. The molecule has 3 fully saturated rings. The third kappa shape index (κ3) is 4.08. The van der Waals surface area contributed by atoms with Gasteiger partial charge in [0.15, 0.2) is 0 Å². The molecule has 3 aliphatic rings. The first kappa shape index (κ1) is 18.2. The van der Waals surface area contributed by atoms with Gasteiger partial charge in [-0.05, 0) is 39.0 Å². The summed E-state index contributed by atoms with van der Waals surface area (Å²) in [5.41, 5.74) is 2.28. The van der Waals surface area contributed by atoms with Crippen molar-refractivity contribution in [2.75, 3.05) is 19.6 Å². The minimum atomic E-state index is 0.320. The zero-order valence-electron chi connectivity index (χ0n) is 16.4. The average molecular weight is 371 g/mol. The quantitative estimate of drug-likeness (QED) is 0.846. The molecule has 2 aromatic rings. The molecular formula is C20H30N6O. The first-order chi connectivity index (χ1) is 13.1. The Hall–Kier alpha value is -2.15. The molecule has 0 aliphatic carbocycles. The lowest BCUT2D eigenvalue weighted by atomic mass is 9.94. The number of imidazole rings is 2. The molecule has 0 spiro atoms. The van der Waals surface area contributed by atoms with Gasteiger partial charge in [-0.1, -0.05) is 0 Å². The molecule has 2 atom stereocenters. The molecule has 3 saturated heterocycles. The van der Waals surface area contributed by atoms with E-state index < -0.39 is 0 Å². The van der Waals surface area contributed by atoms with Crippen molar-refractivity contribution in [2.45, 2.75) is 58.7 Å². The normalized spacial score (nSPS) is 23.0. The van der Waals surface area contributed by atoms with Gasteiger partial charge in [0, 0.05) is 63.3 Å². The van der Waals surface area contributed by atoms with E-state index >= 15 is 0 Å². The highest BCUT2D eigenvalue weighted by Crippen LogP contribution is 2.29. The molecule has 146 valence electrons. The molecule has 2 bridgehead atoms. The summed E-state index contributed by atoms with van der Waals surface area (Å²) in [6, 6.07) is 0.352. The molecule has 1 amide bonds. The van der Waals surface area contributed by atoms with E-state index in [4.69, 9.17) is 0 Å². The van der Waals surface area contributed by atoms with Crippen LogP contribution < -0.4 is 0 Å². The van der Waals surface area contributed by atoms with Gasteiger partial charge in [-0.15, -0.1) is 0 Å². The number of fused-ring (bicyclic) bond motifs is 4. The van der Waals surface area contributed by atoms with E-state index in [2.05, 4.69) is 36.2 Å². The Labute approximate surface area is 160 Å². The fraction of sp³-hybridized carbons (Fsp3) is 0.650. The van der Waals surface area contributed by atoms with E-state index in [1.165, 1.54) is 6.42 Å². The average Bonchev–Trinajstić information content (AvgIpc) is 3.12. The topological polar surface area (TPSA) is 70.1 Å². The van der Waals surface area contributed by atoms with Crippen molar-refractivity contribution >= 4 is 5.91 Å². The fourth-order valence-electron chi connectivity index (χ4n) is 4.56. The third-order valence-electron chi connectivity index (χ3n) is 6.13. The number of carbonyl (C=O) groups is 1. The lowest BCUT2D eigenvalue weighted by Gasteiger charge is -2.36. The van der Waals surface area contributed by atoms with Gasteiger partial charge in [0.2, 0.25) is 5.91 Å². The maximum absolute atomic E-state index is 12.9. The Morgan fingerprint density at radius 3 is 2.85 bits per heavy atom. The number of nitrogens with zero attached hydrogens (tertiary/aromatic N) is 5. The Balaban J connectivity index is 1.33. The number of hydrogen-bond donors (Lipinski definition) is 1. The molecule has 0 radical (unpaired) electrons. The van der Waals surface area contributed by atoms with E-state index in [-0.39, 0.29) is 0 Å². The van der Waals surface area contributed by atoms with Gasteiger partial charge in [0.25, 0.3) is 0 Å². The summed E-state index contributed by atoms with van der Waals surface area (Å²) in [6.45, 7) is 8.78. The van der Waals surface area contributed by atoms with Crippen LogP contribution in [0.4, 0.5) is 0 Å². The number of piperidine rings is 1. The predicted octanol–water partition coefficient (Wildman–Crippen LogP) is 2.13. The molecule has 7 heteroatoms. The van der Waals surface area contributed by atoms with Crippen LogP contribution in [0, 0.1) is 19.8 Å². The van der Waals surface area contributed by atoms with Crippen LogP contribution in [0.15, 0.2) is 18.7 Å². The van der Waals surface area contributed by atoms with Gasteiger partial charge in [-0.3, -0.25) is 9.69 Å². The van der Waals surface area contributed by atoms with Crippen LogP contribution >= 0.6 is 0 Å². The van der Waals surface area contributed by atoms with Crippen molar-refractivity contribution in [1.29, 1.82) is 0 Å². The molecule has 2 aromatic heterocycles. The Morgan fingerprint density at radius 1 is 1.22 bits per heavy atom. The minimum Gasteiger partial charge on any atom is -0.348 e. The SMILES string of the molecule is Cc1[nH]cnc1CN1C[C@@H]2CC[C@H](C1)N(C(=O)CCCn1ccnc1C)C2. The minimum absolute atomic E-state index is 0.320. The second-order valence-corrected chi connectivity index (χ2v) is 8.08. The zero-order valence-corrected chi connectivity index (χ0v) is 16.4. The molecule has 7 nitrogen and oxygen atoms in total. The number of aryl methyl sites for hydroxylation is 3. The smallest absolute Gasteiger partial charge is 0.222 e. The van der Waals surface area contributed by atoms with Crippen LogP contribution in [0.2, 0.25) is 0 Å². The predicted molar refractivity (Wildman–Crippen MR) is 103 cm³/mol. The summed E-state index contributed by atoms with van der Waals surface area (Å²) >= 11 is 0. The summed E-state index contributed by atoms with van der Waals surface area (Å²) in [7, 11) is 0. The Bertz CT molecular complexity index is 781. The van der Waals surface area contributed by atoms with Gasteiger partial charge >= 0.3 is 0 Å². The number of hydrogen-bond acceptors (Lipinski definition) is 4. The number of H-pyrrole nitrogens is 1. The highest BCUT2D eigenvalue weighted by molar-refractivity contribution is 5.76. The van der Waals surface area contributed by atoms with Crippen molar-refractivity contribution in [3.63, 3.8) is 0 Å². The van der Waals surface area contributed by atoms with Crippen molar-refractivity contribution in [1.82, 2.24) is 29.3 Å². The zero-order chi connectivity index (χ0) is 18.8. The van der Waals surface area contributed by atoms with Crippen molar-refractivity contribution in [2.24, 2.45) is 5.92 Å². The number of rotatable bonds is 6. The highest BCUT2D eigenvalue weighted by atomic mass is 16.2. The molecule has 0 saturated carbocycles. The Morgan fingerprint density at radius 2 is 2.11 bits per heavy atom. The van der Waals surface area contributed by atoms with Gasteiger partial charge < -0.3 is 14.5 Å². The second kappa shape index (κ2) is 7.84. The number of aromatic nitrogens is 4. The van der Waals surface area contributed by atoms with E-state index in [1.54, 1.807) is 6.33 Å². The summed E-state index contributed by atoms with van der Waals surface area (Å²) in [5, 5.41) is 0. The second-order valence-electron chi connectivity index (χ2n) is 8.08. The van der Waals surface area contributed by atoms with Gasteiger partial charge in [0.05, 0.1) is 12.0 Å². The number of carbonyl (C=O) groups excluding carboxylic acids is 1. The van der Waals surface area contributed by atoms with E-state index in [1.807, 2.05) is 19.3 Å². The molecule has 3 aliphatic heterocycles. The molecule has 5 rings (SSSR count). The number of amides is 1. The van der Waals surface area contributed by atoms with Gasteiger partial charge in [-0.2, -0.15) is 0 Å². The van der Waals surface area contributed by atoms with Crippen LogP contribution in [-0.2, 0) is 17.9 Å². The van der Waals surface area contributed by atoms with E-state index in [9.17, 15) is 4.79 Å². The molecule has 0 aromatic carbocycles. The summed E-state index contributed by atoms with van der Waals surface area (Å²) in [4.78, 5) is 29.4. The molecule has 1 N–H and O–H groups in total. The van der Waals surface area contributed by atoms with Gasteiger partial charge in [-0.25, -0.2) is 9.97 Å². The van der Waals surface area contributed by atoms with Crippen LogP contribution in [-0.4, -0.2) is 60.9 Å². The monoisotopic (exact) mass is 370 g/mol. The van der Waals surface area contributed by atoms with Crippen LogP contribution in [0.25, 0.3) is 0 Å². The Kier molecular flexibility index (Phi) is 5.29. The summed E-state index contributed by atoms with van der Waals surface area (Å²) in [6.07, 6.45) is 9.45. The molecular weight excluding hydrogens is 340 g/mol. The largest absolute Gasteiger partial charge is 0.348 e. The summed E-state index contributed by atoms with van der Waals surface area (Å²) in [5.74, 6) is 1.92. The maximum Gasteiger partial charge on any atom is 0.222 e. The molecule has 27 heavy (non-hydrogen) atoms. The van der Waals surface area contributed by atoms with Crippen molar-refractivity contribution in [3.8, 4) is 0 Å². The van der Waals surface area contributed by atoms with Crippen molar-refractivity contribution in [3.05, 3.63) is 35.9 Å². The number of aromatic amines is 1. The van der Waals surface area contributed by atoms with Crippen LogP contribution in [0.5, 0.6) is 0 Å². The standard InChI is InChI=1S/C20H30N6O/c1-15-19(23-14-22-15)13-24-10-17-5-6-18(12-24)26(11-17)20(27)4-3-8-25-9-7-21-16(25)2/h7,9,14,17-18H,3-6,8,10-13H2,1-2H3,(H,22,23)/t17-,18+/m0/s1. The highest BCUT2D eigenvalue weighted by Gasteiger charge is 2.37. The lowest BCUT2D eigenvalue weighted by molar-refractivity contribution is -0.135. The van der Waals surface area contributed by atoms with E-state index in [0.29, 0.717) is 24.3 Å². The first-order valence-electron chi connectivity index (χ1n) is 10.1. The maximum atomic E-state index is 12.9. The lowest BCUT2D eigenvalue weighted by Crippen LogP contribution is -2.47. The summed E-state index contributed by atoms with van der Waals surface area (Å²) < 4.78 is 2.12. The fourth-order valence-corrected chi connectivity index (χ4v) is 4.56. The van der Waals surface area contributed by atoms with Crippen molar-refractivity contribution < 1.29 is 4.79 Å². The third-order valence-corrected chi connectivity index (χ3v) is 6.13. The molecule has 5 heterocycles. The number of nitrogens with one attached hydrogen (secondary N) is 1. The van der Waals surface area contributed by atoms with Crippen LogP contribution in [0.1, 0.15) is 42.9 Å². The van der Waals surface area contributed by atoms with Crippen LogP contribution in [0.3, 0.4) is 0 Å². The van der Waals surface area contributed by atoms with Gasteiger partial charge in [0.1, 0.15) is 5.82 Å².